The van der Waals surface area contributed by atoms with Gasteiger partial charge in [0.2, 0.25) is 0 Å². The van der Waals surface area contributed by atoms with Gasteiger partial charge in [-0.2, -0.15) is 0 Å². The Kier molecular flexibility index (Phi) is 2.12. The quantitative estimate of drug-likeness (QED) is 0.531. The van der Waals surface area contributed by atoms with E-state index >= 15 is 0 Å². The van der Waals surface area contributed by atoms with Gasteiger partial charge in [-0.15, -0.1) is 0 Å². The highest BCUT2D eigenvalue weighted by atomic mass is 127. The molecule has 0 atom stereocenters. The highest BCUT2D eigenvalue weighted by molar-refractivity contribution is 14.1. The molecule has 3 heteroatoms. The molecule has 45 valence electrons. The highest BCUT2D eigenvalue weighted by Gasteiger charge is 1.96. The minimum atomic E-state index is 0.315. The molecule has 0 bridgehead atoms. The molecule has 1 nitrogen and oxygen atoms in total. The molecule has 0 unspecified atom stereocenters. The lowest BCUT2D eigenvalue weighted by atomic mass is 10.3. The molecular weight excluding hydrogens is 243 g/mol. The first-order valence-corrected chi connectivity index (χ1v) is 3.99. The Morgan fingerprint density at radius 3 is 2.56 bits per heavy atom. The maximum absolute atomic E-state index is 9.15. The van der Waals surface area contributed by atoms with Gasteiger partial charge in [0.25, 0.3) is 0 Å². The Labute approximate surface area is 70.7 Å². The number of hydrogen-bond acceptors (Lipinski definition) is 1. The van der Waals surface area contributed by atoms with Gasteiger partial charge >= 0.3 is 0 Å². The zero-order valence-electron chi connectivity index (χ0n) is 4.56. The van der Waals surface area contributed by atoms with Gasteiger partial charge in [-0.1, -0.05) is 12.1 Å². The maximum atomic E-state index is 9.15. The number of para-hydroxylation sites is 1. The predicted molar refractivity (Wildman–Crippen MR) is 46.2 cm³/mol. The number of rotatable bonds is 0. The lowest BCUT2D eigenvalue weighted by molar-refractivity contribution is 0.476. The van der Waals surface area contributed by atoms with E-state index in [1.165, 1.54) is 0 Å². The number of hydrogen-bond donors (Lipinski definition) is 1. The van der Waals surface area contributed by atoms with Crippen molar-refractivity contribution in [2.24, 2.45) is 0 Å². The van der Waals surface area contributed by atoms with E-state index in [1.807, 2.05) is 12.1 Å². The second-order valence-corrected chi connectivity index (χ2v) is 3.34. The van der Waals surface area contributed by atoms with Gasteiger partial charge in [0.1, 0.15) is 5.75 Å². The summed E-state index contributed by atoms with van der Waals surface area (Å²) in [5.41, 5.74) is 0. The van der Waals surface area contributed by atoms with Gasteiger partial charge in [0, 0.05) is 0 Å². The van der Waals surface area contributed by atoms with Crippen LogP contribution in [0.5, 0.6) is 5.75 Å². The molecule has 0 fully saturated rings. The molecule has 1 aromatic carbocycles. The summed E-state index contributed by atoms with van der Waals surface area (Å²) in [4.78, 5) is 0. The lowest BCUT2D eigenvalue weighted by Crippen LogP contribution is -2.02. The fourth-order valence-electron chi connectivity index (χ4n) is 0.515. The van der Waals surface area contributed by atoms with Crippen molar-refractivity contribution >= 4 is 38.0 Å². The molecule has 0 spiro atoms. The van der Waals surface area contributed by atoms with Gasteiger partial charge in [0.15, 0.2) is 0 Å². The van der Waals surface area contributed by atoms with Crippen LogP contribution in [0.3, 0.4) is 0 Å². The molecule has 0 aliphatic rings. The van der Waals surface area contributed by atoms with Crippen LogP contribution in [0.25, 0.3) is 0 Å². The van der Waals surface area contributed by atoms with Crippen molar-refractivity contribution in [3.8, 4) is 5.75 Å². The van der Waals surface area contributed by atoms with Crippen LogP contribution in [0.2, 0.25) is 0 Å². The van der Waals surface area contributed by atoms with E-state index in [1.54, 1.807) is 6.07 Å². The molecule has 1 aromatic rings. The Morgan fingerprint density at radius 1 is 1.44 bits per heavy atom. The molecule has 0 saturated heterocycles. The third-order valence-corrected chi connectivity index (χ3v) is 2.26. The molecule has 0 amide bonds. The topological polar surface area (TPSA) is 20.2 Å². The van der Waals surface area contributed by atoms with E-state index in [0.29, 0.717) is 5.75 Å². The van der Waals surface area contributed by atoms with Crippen molar-refractivity contribution in [1.29, 1.82) is 0 Å². The summed E-state index contributed by atoms with van der Waals surface area (Å²) in [7, 11) is 3.24. The summed E-state index contributed by atoms with van der Waals surface area (Å²) in [5, 5.41) is 9.89. The number of benzene rings is 1. The molecule has 0 saturated carbocycles. The van der Waals surface area contributed by atoms with Crippen molar-refractivity contribution in [2.75, 3.05) is 0 Å². The molecule has 1 rings (SSSR count). The van der Waals surface area contributed by atoms with Crippen molar-refractivity contribution in [3.63, 3.8) is 0 Å². The molecule has 0 heterocycles. The van der Waals surface area contributed by atoms with E-state index in [4.69, 9.17) is 5.11 Å². The Balaban J connectivity index is 3.25. The van der Waals surface area contributed by atoms with Crippen molar-refractivity contribution in [1.82, 2.24) is 0 Å². The summed E-state index contributed by atoms with van der Waals surface area (Å²) < 4.78 is 0.861. The van der Waals surface area contributed by atoms with Crippen LogP contribution >= 0.6 is 22.6 Å². The van der Waals surface area contributed by atoms with Gasteiger partial charge < -0.3 is 5.11 Å². The van der Waals surface area contributed by atoms with Gasteiger partial charge in [-0.05, 0) is 33.8 Å². The van der Waals surface area contributed by atoms with E-state index in [0.717, 1.165) is 8.76 Å². The van der Waals surface area contributed by atoms with Crippen LogP contribution < -0.4 is 5.19 Å². The lowest BCUT2D eigenvalue weighted by Gasteiger charge is -1.97. The van der Waals surface area contributed by atoms with Gasteiger partial charge in [-0.3, -0.25) is 0 Å². The molecule has 0 aliphatic carbocycles. The van der Waals surface area contributed by atoms with E-state index < -0.39 is 0 Å². The summed E-state index contributed by atoms with van der Waals surface area (Å²) in [6.45, 7) is 0. The Hall–Kier alpha value is -0.0331. The highest BCUT2D eigenvalue weighted by Crippen LogP contribution is 2.14. The van der Waals surface area contributed by atoms with Crippen molar-refractivity contribution in [2.45, 2.75) is 0 Å². The fraction of sp³-hybridized carbons (Fsp3) is 0. The van der Waals surface area contributed by atoms with Crippen LogP contribution in [-0.4, -0.2) is 15.3 Å². The molecule has 0 aromatic heterocycles. The van der Waals surface area contributed by atoms with Gasteiger partial charge in [-0.25, -0.2) is 0 Å². The third-order valence-electron chi connectivity index (χ3n) is 0.987. The fourth-order valence-corrected chi connectivity index (χ4v) is 1.50. The largest absolute Gasteiger partial charge is 0.507 e. The number of halogens is 1. The maximum Gasteiger partial charge on any atom is 0.127 e. The number of phenols is 1. The van der Waals surface area contributed by atoms with Crippen LogP contribution in [0.15, 0.2) is 18.2 Å². The second kappa shape index (κ2) is 2.70. The zero-order valence-corrected chi connectivity index (χ0v) is 7.71. The van der Waals surface area contributed by atoms with Crippen LogP contribution in [0.4, 0.5) is 0 Å². The normalized spacial score (nSPS) is 9.56. The van der Waals surface area contributed by atoms with Gasteiger partial charge in [0.05, 0.1) is 13.8 Å². The summed E-state index contributed by atoms with van der Waals surface area (Å²) >= 11 is 2.07. The van der Waals surface area contributed by atoms with E-state index in [2.05, 4.69) is 32.8 Å². The first kappa shape index (κ1) is 7.08. The number of phenolic OH excluding ortho intramolecular Hbond substituents is 1. The summed E-state index contributed by atoms with van der Waals surface area (Å²) in [6, 6.07) is 5.53. The third kappa shape index (κ3) is 1.45. The minimum absolute atomic E-state index is 0.315. The first-order valence-electron chi connectivity index (χ1n) is 2.41. The molecule has 3 radical (unpaired) electrons. The molecule has 0 aliphatic heterocycles. The smallest absolute Gasteiger partial charge is 0.127 e. The van der Waals surface area contributed by atoms with Crippen LogP contribution in [0, 0.1) is 3.57 Å². The standard InChI is InChI=1S/C6H4IOSi/c7-4-2-1-3-5(9)6(4)8/h1-3,8H. The van der Waals surface area contributed by atoms with E-state index in [-0.39, 0.29) is 0 Å². The molecule has 9 heavy (non-hydrogen) atoms. The first-order chi connectivity index (χ1) is 4.22. The number of aromatic hydroxyl groups is 1. The molecular formula is C6H4IOSi. The van der Waals surface area contributed by atoms with Crippen molar-refractivity contribution in [3.05, 3.63) is 21.8 Å². The summed E-state index contributed by atoms with van der Waals surface area (Å²) in [5.74, 6) is 0.315. The Morgan fingerprint density at radius 2 is 2.11 bits per heavy atom. The second-order valence-electron chi connectivity index (χ2n) is 1.64. The van der Waals surface area contributed by atoms with Crippen LogP contribution in [0.1, 0.15) is 0 Å². The SMILES string of the molecule is Oc1c([Si])cccc1I. The average molecular weight is 247 g/mol. The van der Waals surface area contributed by atoms with Crippen LogP contribution in [-0.2, 0) is 0 Å². The average Bonchev–Trinajstić information content (AvgIpc) is 1.83. The Bertz CT molecular complexity index is 204. The molecule has 1 N–H and O–H groups in total. The van der Waals surface area contributed by atoms with E-state index in [9.17, 15) is 0 Å². The van der Waals surface area contributed by atoms with Crippen molar-refractivity contribution < 1.29 is 5.11 Å². The zero-order chi connectivity index (χ0) is 6.85. The monoisotopic (exact) mass is 247 g/mol. The minimum Gasteiger partial charge on any atom is -0.507 e. The predicted octanol–water partition coefficient (Wildman–Crippen LogP) is 0.791. The summed E-state index contributed by atoms with van der Waals surface area (Å²) in [6.07, 6.45) is 0.